The first-order valence-corrected chi connectivity index (χ1v) is 16.4. The van der Waals surface area contributed by atoms with Gasteiger partial charge in [-0.3, -0.25) is 33.8 Å². The molecule has 1 saturated heterocycles. The van der Waals surface area contributed by atoms with Crippen molar-refractivity contribution in [3.05, 3.63) is 35.9 Å². The Labute approximate surface area is 290 Å². The first-order chi connectivity index (χ1) is 23.7. The molecule has 0 saturated carbocycles. The number of carbonyl (C=O) groups excluding carboxylic acids is 5. The zero-order valence-corrected chi connectivity index (χ0v) is 28.3. The van der Waals surface area contributed by atoms with Crippen molar-refractivity contribution >= 4 is 47.4 Å². The third kappa shape index (κ3) is 13.0. The van der Waals surface area contributed by atoms with E-state index in [1.807, 2.05) is 6.92 Å². The third-order valence-electron chi connectivity index (χ3n) is 8.31. The van der Waals surface area contributed by atoms with Crippen molar-refractivity contribution in [2.24, 2.45) is 28.1 Å². The minimum absolute atomic E-state index is 0.0358. The third-order valence-corrected chi connectivity index (χ3v) is 8.31. The summed E-state index contributed by atoms with van der Waals surface area (Å²) >= 11 is 0. The maximum Gasteiger partial charge on any atom is 0.326 e. The van der Waals surface area contributed by atoms with Crippen LogP contribution < -0.4 is 38.5 Å². The number of carboxylic acid groups (broad SMARTS) is 2. The molecule has 0 aliphatic carbocycles. The van der Waals surface area contributed by atoms with Crippen LogP contribution in [-0.2, 0) is 40.0 Å². The van der Waals surface area contributed by atoms with Gasteiger partial charge in [-0.15, -0.1) is 0 Å². The van der Waals surface area contributed by atoms with Crippen LogP contribution in [0.4, 0.5) is 0 Å². The van der Waals surface area contributed by atoms with Crippen LogP contribution >= 0.6 is 0 Å². The summed E-state index contributed by atoms with van der Waals surface area (Å²) in [7, 11) is 0. The van der Waals surface area contributed by atoms with Crippen LogP contribution in [0.3, 0.4) is 0 Å². The van der Waals surface area contributed by atoms with Crippen molar-refractivity contribution < 1.29 is 43.8 Å². The number of nitrogens with zero attached hydrogens (tertiary/aromatic N) is 2. The molecule has 6 atom stereocenters. The number of hydrogen-bond acceptors (Lipinski definition) is 9. The van der Waals surface area contributed by atoms with E-state index in [0.717, 1.165) is 0 Å². The summed E-state index contributed by atoms with van der Waals surface area (Å²) in [6, 6.07) is 2.08. The number of carbonyl (C=O) groups is 7. The van der Waals surface area contributed by atoms with E-state index in [9.17, 15) is 43.8 Å². The number of hydrogen-bond donors (Lipinski definition) is 9. The quantitative estimate of drug-likeness (QED) is 0.0396. The Morgan fingerprint density at radius 3 is 2.16 bits per heavy atom. The van der Waals surface area contributed by atoms with Crippen molar-refractivity contribution in [3.63, 3.8) is 0 Å². The van der Waals surface area contributed by atoms with Crippen LogP contribution in [0.5, 0.6) is 0 Å². The summed E-state index contributed by atoms with van der Waals surface area (Å²) in [6.07, 6.45) is 0.423. The molecule has 18 heteroatoms. The summed E-state index contributed by atoms with van der Waals surface area (Å²) in [5.41, 5.74) is 16.6. The van der Waals surface area contributed by atoms with E-state index in [1.165, 1.54) is 4.90 Å². The fraction of sp³-hybridized carbons (Fsp3) is 0.562. The largest absolute Gasteiger partial charge is 0.481 e. The van der Waals surface area contributed by atoms with E-state index < -0.39 is 78.1 Å². The van der Waals surface area contributed by atoms with E-state index >= 15 is 0 Å². The Kier molecular flexibility index (Phi) is 16.6. The topological polar surface area (TPSA) is 302 Å². The number of rotatable bonds is 20. The highest BCUT2D eigenvalue weighted by Crippen LogP contribution is 2.22. The zero-order chi connectivity index (χ0) is 37.4. The van der Waals surface area contributed by atoms with Gasteiger partial charge in [0.25, 0.3) is 0 Å². The number of aliphatic imine (C=N–C) groups is 1. The van der Waals surface area contributed by atoms with Crippen molar-refractivity contribution in [3.8, 4) is 0 Å². The molecule has 1 aromatic rings. The van der Waals surface area contributed by atoms with Crippen molar-refractivity contribution in [2.75, 3.05) is 19.6 Å². The molecule has 1 aromatic carbocycles. The molecule has 1 aliphatic heterocycles. The fourth-order valence-corrected chi connectivity index (χ4v) is 5.41. The average molecular weight is 704 g/mol. The number of amides is 5. The summed E-state index contributed by atoms with van der Waals surface area (Å²) in [5, 5.41) is 29.2. The minimum Gasteiger partial charge on any atom is -0.481 e. The predicted octanol–water partition coefficient (Wildman–Crippen LogP) is -2.22. The second kappa shape index (κ2) is 20.3. The molecule has 12 N–H and O–H groups in total. The molecule has 18 nitrogen and oxygen atoms in total. The average Bonchev–Trinajstić information content (AvgIpc) is 3.57. The van der Waals surface area contributed by atoms with Crippen LogP contribution in [0.1, 0.15) is 57.9 Å². The van der Waals surface area contributed by atoms with E-state index in [2.05, 4.69) is 26.3 Å². The lowest BCUT2D eigenvalue weighted by molar-refractivity contribution is -0.145. The number of likely N-dealkylation sites (tertiary alicyclic amines) is 1. The molecule has 0 aromatic heterocycles. The van der Waals surface area contributed by atoms with Gasteiger partial charge >= 0.3 is 11.9 Å². The fourth-order valence-electron chi connectivity index (χ4n) is 5.41. The van der Waals surface area contributed by atoms with Gasteiger partial charge in [0.05, 0.1) is 13.0 Å². The molecular formula is C32H49N9O9. The van der Waals surface area contributed by atoms with Gasteiger partial charge in [-0.2, -0.15) is 0 Å². The maximum atomic E-state index is 13.6. The van der Waals surface area contributed by atoms with Gasteiger partial charge in [0.15, 0.2) is 5.96 Å². The van der Waals surface area contributed by atoms with Crippen LogP contribution in [0, 0.1) is 5.92 Å². The molecule has 0 radical (unpaired) electrons. The molecule has 2 rings (SSSR count). The van der Waals surface area contributed by atoms with Crippen molar-refractivity contribution in [1.82, 2.24) is 26.2 Å². The Balaban J connectivity index is 2.28. The predicted molar refractivity (Wildman–Crippen MR) is 181 cm³/mol. The highest BCUT2D eigenvalue weighted by molar-refractivity contribution is 5.97. The van der Waals surface area contributed by atoms with E-state index in [-0.39, 0.29) is 57.2 Å². The molecule has 1 fully saturated rings. The number of carboxylic acids is 2. The van der Waals surface area contributed by atoms with Crippen molar-refractivity contribution in [2.45, 2.75) is 89.0 Å². The van der Waals surface area contributed by atoms with E-state index in [0.29, 0.717) is 18.4 Å². The second-order valence-electron chi connectivity index (χ2n) is 12.1. The van der Waals surface area contributed by atoms with Crippen LogP contribution in [0.2, 0.25) is 0 Å². The van der Waals surface area contributed by atoms with Gasteiger partial charge in [0, 0.05) is 19.5 Å². The number of guanidine groups is 1. The molecule has 50 heavy (non-hydrogen) atoms. The lowest BCUT2D eigenvalue weighted by Crippen LogP contribution is -2.59. The monoisotopic (exact) mass is 703 g/mol. The number of aliphatic carboxylic acids is 2. The van der Waals surface area contributed by atoms with Crippen LogP contribution in [0.25, 0.3) is 0 Å². The summed E-state index contributed by atoms with van der Waals surface area (Å²) in [5.74, 6) is -6.95. The first kappa shape index (κ1) is 40.9. The SMILES string of the molecule is CC[C@H](C)[C@H](NC(=O)CN)C(=O)N1CCC[C@H]1C(=O)N[C@@H](CC(=O)O)C(=O)N[C@@H](Cc1ccccc1)C(=O)N[C@@H](CCCN=C(N)N)C(=O)O. The van der Waals surface area contributed by atoms with Gasteiger partial charge in [-0.1, -0.05) is 50.6 Å². The van der Waals surface area contributed by atoms with Crippen LogP contribution in [-0.4, -0.2) is 112 Å². The highest BCUT2D eigenvalue weighted by Gasteiger charge is 2.40. The normalized spacial score (nSPS) is 16.9. The van der Waals surface area contributed by atoms with Gasteiger partial charge in [0.1, 0.15) is 30.2 Å². The van der Waals surface area contributed by atoms with Gasteiger partial charge in [0.2, 0.25) is 29.5 Å². The first-order valence-electron chi connectivity index (χ1n) is 16.4. The highest BCUT2D eigenvalue weighted by atomic mass is 16.4. The molecule has 1 aliphatic rings. The summed E-state index contributed by atoms with van der Waals surface area (Å²) in [4.78, 5) is 95.0. The zero-order valence-electron chi connectivity index (χ0n) is 28.3. The second-order valence-corrected chi connectivity index (χ2v) is 12.1. The maximum absolute atomic E-state index is 13.6. The molecule has 276 valence electrons. The standard InChI is InChI=1S/C32H49N9O9/c1-3-18(2)26(40-24(42)17-33)30(48)41-14-8-12-23(41)29(47)39-22(16-25(43)44)28(46)38-21(15-19-9-5-4-6-10-19)27(45)37-20(31(49)50)11-7-13-36-32(34)35/h4-6,9-10,18,20-23,26H,3,7-8,11-17,33H2,1-2H3,(H,37,45)(H,38,46)(H,39,47)(H,40,42)(H,43,44)(H,49,50)(H4,34,35,36)/t18-,20-,21-,22-,23-,26-/m0/s1. The molecular weight excluding hydrogens is 654 g/mol. The number of benzene rings is 1. The number of nitrogens with one attached hydrogen (secondary N) is 4. The molecule has 0 unspecified atom stereocenters. The van der Waals surface area contributed by atoms with Crippen LogP contribution in [0.15, 0.2) is 35.3 Å². The van der Waals surface area contributed by atoms with Crippen molar-refractivity contribution in [1.29, 1.82) is 0 Å². The lowest BCUT2D eigenvalue weighted by atomic mass is 9.97. The van der Waals surface area contributed by atoms with Gasteiger partial charge < -0.3 is 53.6 Å². The number of nitrogens with two attached hydrogens (primary N) is 3. The van der Waals surface area contributed by atoms with E-state index in [1.54, 1.807) is 37.3 Å². The summed E-state index contributed by atoms with van der Waals surface area (Å²) in [6.45, 7) is 3.58. The Morgan fingerprint density at radius 1 is 0.940 bits per heavy atom. The smallest absolute Gasteiger partial charge is 0.326 e. The van der Waals surface area contributed by atoms with Gasteiger partial charge in [-0.05, 0) is 37.2 Å². The molecule has 0 bridgehead atoms. The van der Waals surface area contributed by atoms with Gasteiger partial charge in [-0.25, -0.2) is 4.79 Å². The molecule has 1 heterocycles. The Morgan fingerprint density at radius 2 is 1.58 bits per heavy atom. The minimum atomic E-state index is -1.67. The Bertz CT molecular complexity index is 1390. The Hall–Kier alpha value is -5.26. The molecule has 0 spiro atoms. The molecule has 5 amide bonds. The van der Waals surface area contributed by atoms with E-state index in [4.69, 9.17) is 17.2 Å². The lowest BCUT2D eigenvalue weighted by Gasteiger charge is -2.32. The summed E-state index contributed by atoms with van der Waals surface area (Å²) < 4.78 is 0.